The number of hydrogen-bond acceptors (Lipinski definition) is 2. The molecule has 1 atom stereocenters. The van der Waals surface area contributed by atoms with Gasteiger partial charge in [-0.1, -0.05) is 97.9 Å². The van der Waals surface area contributed by atoms with Crippen LogP contribution in [0, 0.1) is 0 Å². The molecule has 0 aliphatic rings. The Balaban J connectivity index is 1.75. The summed E-state index contributed by atoms with van der Waals surface area (Å²) in [6.07, 6.45) is 1.17. The Kier molecular flexibility index (Phi) is 7.20. The van der Waals surface area contributed by atoms with Crippen molar-refractivity contribution >= 4 is 5.91 Å². The molecule has 0 bridgehead atoms. The van der Waals surface area contributed by atoms with Gasteiger partial charge in [-0.05, 0) is 23.1 Å². The molecule has 0 aromatic heterocycles. The van der Waals surface area contributed by atoms with E-state index in [0.717, 1.165) is 23.1 Å². The van der Waals surface area contributed by atoms with E-state index in [1.54, 1.807) is 7.11 Å². The lowest BCUT2D eigenvalue weighted by Crippen LogP contribution is -2.42. The van der Waals surface area contributed by atoms with E-state index in [2.05, 4.69) is 48.6 Å². The van der Waals surface area contributed by atoms with Crippen LogP contribution >= 0.6 is 0 Å². The van der Waals surface area contributed by atoms with E-state index in [0.29, 0.717) is 13.0 Å². The second-order valence-electron chi connectivity index (χ2n) is 7.27. The monoisotopic (exact) mass is 387 g/mol. The average molecular weight is 388 g/mol. The molecular formula is C26H29NO2. The lowest BCUT2D eigenvalue weighted by molar-refractivity contribution is -0.123. The van der Waals surface area contributed by atoms with Gasteiger partial charge in [0.25, 0.3) is 0 Å². The third-order valence-corrected chi connectivity index (χ3v) is 5.63. The van der Waals surface area contributed by atoms with E-state index in [4.69, 9.17) is 4.74 Å². The van der Waals surface area contributed by atoms with E-state index in [9.17, 15) is 4.79 Å². The Morgan fingerprint density at radius 2 is 1.34 bits per heavy atom. The zero-order chi connectivity index (χ0) is 20.5. The molecule has 0 fully saturated rings. The second-order valence-corrected chi connectivity index (χ2v) is 7.27. The van der Waals surface area contributed by atoms with Gasteiger partial charge in [0.05, 0.1) is 6.54 Å². The lowest BCUT2D eigenvalue weighted by Gasteiger charge is -2.32. The number of hydrogen-bond donors (Lipinski definition) is 1. The summed E-state index contributed by atoms with van der Waals surface area (Å²) in [6, 6.07) is 30.5. The fraction of sp³-hybridized carbons (Fsp3) is 0.269. The molecule has 3 nitrogen and oxygen atoms in total. The molecule has 1 amide bonds. The predicted octanol–water partition coefficient (Wildman–Crippen LogP) is 5.28. The van der Waals surface area contributed by atoms with Crippen LogP contribution in [0.5, 0.6) is 0 Å². The van der Waals surface area contributed by atoms with E-state index < -0.39 is 5.60 Å². The first-order valence-electron chi connectivity index (χ1n) is 10.2. The summed E-state index contributed by atoms with van der Waals surface area (Å²) in [7, 11) is 1.71. The zero-order valence-corrected chi connectivity index (χ0v) is 17.2. The van der Waals surface area contributed by atoms with Gasteiger partial charge < -0.3 is 10.1 Å². The molecule has 3 aromatic rings. The Bertz CT molecular complexity index is 835. The maximum absolute atomic E-state index is 12.9. The van der Waals surface area contributed by atoms with Gasteiger partial charge >= 0.3 is 0 Å². The van der Waals surface area contributed by atoms with Crippen LogP contribution in [0.4, 0.5) is 0 Å². The molecule has 1 unspecified atom stereocenters. The maximum Gasteiger partial charge on any atom is 0.221 e. The normalized spacial score (nSPS) is 13.1. The van der Waals surface area contributed by atoms with Crippen molar-refractivity contribution in [1.29, 1.82) is 0 Å². The van der Waals surface area contributed by atoms with Crippen LogP contribution in [0.25, 0.3) is 0 Å². The summed E-state index contributed by atoms with van der Waals surface area (Å²) in [5, 5.41) is 3.13. The number of methoxy groups -OCH3 is 1. The number of benzene rings is 3. The largest absolute Gasteiger partial charge is 0.372 e. The summed E-state index contributed by atoms with van der Waals surface area (Å²) < 4.78 is 5.88. The quantitative estimate of drug-likeness (QED) is 0.543. The molecular weight excluding hydrogens is 358 g/mol. The molecule has 0 heterocycles. The highest BCUT2D eigenvalue weighted by Crippen LogP contribution is 2.30. The van der Waals surface area contributed by atoms with Crippen LogP contribution in [0.3, 0.4) is 0 Å². The van der Waals surface area contributed by atoms with Crippen LogP contribution in [-0.2, 0) is 15.1 Å². The van der Waals surface area contributed by atoms with Crippen molar-refractivity contribution < 1.29 is 9.53 Å². The van der Waals surface area contributed by atoms with Crippen molar-refractivity contribution in [1.82, 2.24) is 5.32 Å². The summed E-state index contributed by atoms with van der Waals surface area (Å²) in [5.41, 5.74) is 2.84. The van der Waals surface area contributed by atoms with Crippen molar-refractivity contribution in [2.45, 2.75) is 31.3 Å². The number of carbonyl (C=O) groups is 1. The van der Waals surface area contributed by atoms with Gasteiger partial charge in [-0.3, -0.25) is 4.79 Å². The lowest BCUT2D eigenvalue weighted by atomic mass is 9.87. The highest BCUT2D eigenvalue weighted by Gasteiger charge is 2.31. The van der Waals surface area contributed by atoms with E-state index in [-0.39, 0.29) is 11.8 Å². The van der Waals surface area contributed by atoms with Crippen LogP contribution < -0.4 is 5.32 Å². The van der Waals surface area contributed by atoms with Gasteiger partial charge in [0.15, 0.2) is 0 Å². The highest BCUT2D eigenvalue weighted by atomic mass is 16.5. The SMILES string of the molecule is CCC(CNC(=O)CC(c1ccccc1)c1ccccc1)(OC)c1ccccc1. The first kappa shape index (κ1) is 20.8. The maximum atomic E-state index is 12.9. The summed E-state index contributed by atoms with van der Waals surface area (Å²) in [6.45, 7) is 2.53. The molecule has 0 radical (unpaired) electrons. The third kappa shape index (κ3) is 5.12. The minimum atomic E-state index is -0.522. The molecule has 0 aliphatic carbocycles. The minimum absolute atomic E-state index is 0.0210. The fourth-order valence-corrected chi connectivity index (χ4v) is 3.81. The van der Waals surface area contributed by atoms with E-state index in [1.165, 1.54) is 0 Å². The Hall–Kier alpha value is -2.91. The molecule has 29 heavy (non-hydrogen) atoms. The van der Waals surface area contributed by atoms with Crippen molar-refractivity contribution in [2.24, 2.45) is 0 Å². The van der Waals surface area contributed by atoms with Gasteiger partial charge in [0.1, 0.15) is 5.60 Å². The van der Waals surface area contributed by atoms with Crippen LogP contribution in [0.2, 0.25) is 0 Å². The Labute approximate surface area is 173 Å². The smallest absolute Gasteiger partial charge is 0.221 e. The minimum Gasteiger partial charge on any atom is -0.372 e. The van der Waals surface area contributed by atoms with Crippen LogP contribution in [0.15, 0.2) is 91.0 Å². The number of amides is 1. The molecule has 150 valence electrons. The highest BCUT2D eigenvalue weighted by molar-refractivity contribution is 5.77. The summed E-state index contributed by atoms with van der Waals surface area (Å²) in [5.74, 6) is 0.0428. The van der Waals surface area contributed by atoms with E-state index >= 15 is 0 Å². The van der Waals surface area contributed by atoms with Crippen molar-refractivity contribution in [3.63, 3.8) is 0 Å². The van der Waals surface area contributed by atoms with Gasteiger partial charge in [0.2, 0.25) is 5.91 Å². The van der Waals surface area contributed by atoms with E-state index in [1.807, 2.05) is 54.6 Å². The van der Waals surface area contributed by atoms with Crippen molar-refractivity contribution in [3.05, 3.63) is 108 Å². The molecule has 3 heteroatoms. The van der Waals surface area contributed by atoms with Gasteiger partial charge in [0, 0.05) is 19.4 Å². The standard InChI is InChI=1S/C26H29NO2/c1-3-26(29-2,23-17-11-6-12-18-23)20-27-25(28)19-24(21-13-7-4-8-14-21)22-15-9-5-10-16-22/h4-18,24H,3,19-20H2,1-2H3,(H,27,28). The molecule has 1 N–H and O–H groups in total. The molecule has 0 aliphatic heterocycles. The first-order chi connectivity index (χ1) is 14.2. The Morgan fingerprint density at radius 1 is 0.862 bits per heavy atom. The van der Waals surface area contributed by atoms with Crippen LogP contribution in [0.1, 0.15) is 42.4 Å². The van der Waals surface area contributed by atoms with Gasteiger partial charge in [-0.15, -0.1) is 0 Å². The average Bonchev–Trinajstić information content (AvgIpc) is 2.80. The predicted molar refractivity (Wildman–Crippen MR) is 118 cm³/mol. The van der Waals surface area contributed by atoms with Crippen molar-refractivity contribution in [3.8, 4) is 0 Å². The first-order valence-corrected chi connectivity index (χ1v) is 10.2. The molecule has 0 spiro atoms. The third-order valence-electron chi connectivity index (χ3n) is 5.63. The summed E-state index contributed by atoms with van der Waals surface area (Å²) in [4.78, 5) is 12.9. The number of nitrogens with one attached hydrogen (secondary N) is 1. The van der Waals surface area contributed by atoms with Crippen LogP contribution in [-0.4, -0.2) is 19.6 Å². The Morgan fingerprint density at radius 3 is 1.79 bits per heavy atom. The van der Waals surface area contributed by atoms with Gasteiger partial charge in [-0.25, -0.2) is 0 Å². The number of rotatable bonds is 9. The zero-order valence-electron chi connectivity index (χ0n) is 17.2. The molecule has 0 saturated carbocycles. The summed E-state index contributed by atoms with van der Waals surface area (Å²) >= 11 is 0. The number of carbonyl (C=O) groups excluding carboxylic acids is 1. The molecule has 3 aromatic carbocycles. The molecule has 3 rings (SSSR count). The number of ether oxygens (including phenoxy) is 1. The molecule has 0 saturated heterocycles. The fourth-order valence-electron chi connectivity index (χ4n) is 3.81. The van der Waals surface area contributed by atoms with Crippen molar-refractivity contribution in [2.75, 3.05) is 13.7 Å². The van der Waals surface area contributed by atoms with Gasteiger partial charge in [-0.2, -0.15) is 0 Å². The second kappa shape index (κ2) is 10.0. The topological polar surface area (TPSA) is 38.3 Å².